The molecule has 0 aromatic heterocycles. The van der Waals surface area contributed by atoms with Crippen LogP contribution in [0, 0.1) is 46.8 Å². The average molecular weight is 720 g/mol. The molecule has 10 atom stereocenters. The van der Waals surface area contributed by atoms with Crippen LogP contribution in [0.3, 0.4) is 0 Å². The zero-order valence-corrected chi connectivity index (χ0v) is 35.3. The molecule has 2 N–H and O–H groups in total. The number of carboxylic acid groups (broad SMARTS) is 1. The smallest absolute Gasteiger partial charge is 0.326 e. The number of nitrogens with zero attached hydrogens (tertiary/aromatic N) is 1. The lowest BCUT2D eigenvalue weighted by molar-refractivity contribution is -0.143. The molecule has 0 aromatic rings. The molecular formula is C48H81NO3. The van der Waals surface area contributed by atoms with Gasteiger partial charge in [-0.15, -0.1) is 6.58 Å². The van der Waals surface area contributed by atoms with E-state index in [1.54, 1.807) is 11.6 Å². The van der Waals surface area contributed by atoms with Crippen LogP contribution in [0.4, 0.5) is 0 Å². The Morgan fingerprint density at radius 1 is 0.981 bits per heavy atom. The first-order valence-electron chi connectivity index (χ1n) is 21.1. The number of allylic oxidation sites excluding steroid dienone is 7. The van der Waals surface area contributed by atoms with E-state index in [4.69, 9.17) is 0 Å². The van der Waals surface area contributed by atoms with Crippen LogP contribution in [-0.4, -0.2) is 39.8 Å². The van der Waals surface area contributed by atoms with E-state index < -0.39 is 12.0 Å². The van der Waals surface area contributed by atoms with Gasteiger partial charge in [0.25, 0.3) is 0 Å². The van der Waals surface area contributed by atoms with Crippen molar-refractivity contribution in [3.63, 3.8) is 0 Å². The van der Waals surface area contributed by atoms with E-state index in [1.165, 1.54) is 43.3 Å². The molecule has 0 aromatic carbocycles. The molecule has 0 amide bonds. The normalized spacial score (nSPS) is 30.3. The molecule has 0 spiro atoms. The lowest BCUT2D eigenvalue weighted by Crippen LogP contribution is -2.47. The van der Waals surface area contributed by atoms with Gasteiger partial charge in [-0.1, -0.05) is 115 Å². The van der Waals surface area contributed by atoms with Crippen molar-refractivity contribution in [1.29, 1.82) is 0 Å². The van der Waals surface area contributed by atoms with Crippen LogP contribution < -0.4 is 0 Å². The third-order valence-electron chi connectivity index (χ3n) is 13.2. The van der Waals surface area contributed by atoms with Gasteiger partial charge in [0.2, 0.25) is 0 Å². The maximum absolute atomic E-state index is 12.0. The van der Waals surface area contributed by atoms with Gasteiger partial charge in [-0.25, -0.2) is 4.79 Å². The molecule has 4 heteroatoms. The Kier molecular flexibility index (Phi) is 19.5. The standard InChI is InChI=1S/C45H75NO3.C3H6/c1-30-15-14-16-40(26-30)27-36(7)35(6)25-34(5)24-32(3)19-18-31(2)23-33(4)20-21-41-29-45(11,37(8)28-43(41)47)38(9)39(10)46-22-13-12-17-42(46)44(48)49;1-3-2/h18,27,30,33-35,37,40-43,47H,3,9-10,12-17,19-26,28-29H2,1-2,4-8,11H3,(H,48,49);3H,1H2,2H3/b31-18+,36-27+;. The van der Waals surface area contributed by atoms with Crippen LogP contribution in [-0.2, 0) is 4.79 Å². The number of rotatable bonds is 17. The molecule has 2 aliphatic carbocycles. The molecule has 3 aliphatic rings. The minimum absolute atomic E-state index is 0.209. The first kappa shape index (κ1) is 45.8. The quantitative estimate of drug-likeness (QED) is 0.116. The monoisotopic (exact) mass is 720 g/mol. The Bertz CT molecular complexity index is 1240. The molecule has 3 rings (SSSR count). The van der Waals surface area contributed by atoms with Gasteiger partial charge >= 0.3 is 5.97 Å². The third-order valence-corrected chi connectivity index (χ3v) is 13.2. The van der Waals surface area contributed by atoms with Gasteiger partial charge < -0.3 is 15.1 Å². The molecule has 2 saturated carbocycles. The van der Waals surface area contributed by atoms with E-state index in [0.717, 1.165) is 87.4 Å². The fraction of sp³-hybridized carbons (Fsp3) is 0.729. The van der Waals surface area contributed by atoms with Crippen molar-refractivity contribution in [2.45, 2.75) is 171 Å². The Balaban J connectivity index is 0.00000301. The second kappa shape index (κ2) is 22.1. The maximum Gasteiger partial charge on any atom is 0.326 e. The van der Waals surface area contributed by atoms with Crippen LogP contribution in [0.2, 0.25) is 0 Å². The second-order valence-electron chi connectivity index (χ2n) is 18.2. The second-order valence-corrected chi connectivity index (χ2v) is 18.2. The summed E-state index contributed by atoms with van der Waals surface area (Å²) in [5.74, 6) is 3.19. The first-order chi connectivity index (χ1) is 24.4. The van der Waals surface area contributed by atoms with Crippen LogP contribution in [0.5, 0.6) is 0 Å². The van der Waals surface area contributed by atoms with Gasteiger partial charge in [0.1, 0.15) is 6.04 Å². The Morgan fingerprint density at radius 3 is 2.29 bits per heavy atom. The van der Waals surface area contributed by atoms with Crippen molar-refractivity contribution in [3.8, 4) is 0 Å². The fourth-order valence-corrected chi connectivity index (χ4v) is 9.60. The van der Waals surface area contributed by atoms with Gasteiger partial charge in [-0.3, -0.25) is 0 Å². The number of carbonyl (C=O) groups is 1. The number of aliphatic hydroxyl groups excluding tert-OH is 1. The summed E-state index contributed by atoms with van der Waals surface area (Å²) in [4.78, 5) is 14.0. The molecule has 296 valence electrons. The van der Waals surface area contributed by atoms with Crippen molar-refractivity contribution in [3.05, 3.63) is 72.5 Å². The number of piperidine rings is 1. The summed E-state index contributed by atoms with van der Waals surface area (Å²) in [5, 5.41) is 21.0. The third kappa shape index (κ3) is 14.1. The predicted molar refractivity (Wildman–Crippen MR) is 225 cm³/mol. The van der Waals surface area contributed by atoms with E-state index in [9.17, 15) is 15.0 Å². The summed E-state index contributed by atoms with van der Waals surface area (Å²) in [6, 6.07) is -0.519. The molecule has 52 heavy (non-hydrogen) atoms. The summed E-state index contributed by atoms with van der Waals surface area (Å²) in [7, 11) is 0. The van der Waals surface area contributed by atoms with E-state index >= 15 is 0 Å². The fourth-order valence-electron chi connectivity index (χ4n) is 9.60. The summed E-state index contributed by atoms with van der Waals surface area (Å²) < 4.78 is 0. The Morgan fingerprint density at radius 2 is 1.65 bits per heavy atom. The van der Waals surface area contributed by atoms with E-state index in [2.05, 4.69) is 93.9 Å². The van der Waals surface area contributed by atoms with Crippen molar-refractivity contribution in [2.75, 3.05) is 6.54 Å². The average Bonchev–Trinajstić information content (AvgIpc) is 3.08. The van der Waals surface area contributed by atoms with E-state index in [0.29, 0.717) is 24.2 Å². The number of aliphatic carboxylic acids is 1. The highest BCUT2D eigenvalue weighted by Gasteiger charge is 2.45. The predicted octanol–water partition coefficient (Wildman–Crippen LogP) is 13.1. The summed E-state index contributed by atoms with van der Waals surface area (Å²) in [5.41, 5.74) is 5.90. The zero-order valence-electron chi connectivity index (χ0n) is 35.3. The molecule has 0 radical (unpaired) electrons. The summed E-state index contributed by atoms with van der Waals surface area (Å²) in [6.07, 6.45) is 22.6. The topological polar surface area (TPSA) is 60.8 Å². The van der Waals surface area contributed by atoms with Gasteiger partial charge in [0, 0.05) is 12.2 Å². The highest BCUT2D eigenvalue weighted by Crippen LogP contribution is 2.51. The van der Waals surface area contributed by atoms with Gasteiger partial charge in [0.15, 0.2) is 0 Å². The van der Waals surface area contributed by atoms with Gasteiger partial charge in [-0.05, 0) is 150 Å². The lowest BCUT2D eigenvalue weighted by Gasteiger charge is -2.49. The molecule has 1 heterocycles. The largest absolute Gasteiger partial charge is 0.480 e. The van der Waals surface area contributed by atoms with Gasteiger partial charge in [0.05, 0.1) is 6.10 Å². The molecule has 1 saturated heterocycles. The molecule has 1 aliphatic heterocycles. The molecule has 0 bridgehead atoms. The van der Waals surface area contributed by atoms with Crippen molar-refractivity contribution < 1.29 is 15.0 Å². The molecule has 3 fully saturated rings. The van der Waals surface area contributed by atoms with Gasteiger partial charge in [-0.2, -0.15) is 0 Å². The summed E-state index contributed by atoms with van der Waals surface area (Å²) in [6.45, 7) is 38.0. The number of aliphatic hydroxyl groups is 1. The lowest BCUT2D eigenvalue weighted by atomic mass is 9.59. The molecule has 4 nitrogen and oxygen atoms in total. The van der Waals surface area contributed by atoms with Crippen LogP contribution in [0.15, 0.2) is 72.5 Å². The van der Waals surface area contributed by atoms with Crippen molar-refractivity contribution >= 4 is 5.97 Å². The first-order valence-corrected chi connectivity index (χ1v) is 21.1. The highest BCUT2D eigenvalue weighted by atomic mass is 16.4. The number of hydrogen-bond donors (Lipinski definition) is 2. The van der Waals surface area contributed by atoms with E-state index in [-0.39, 0.29) is 23.4 Å². The number of carboxylic acids is 1. The minimum atomic E-state index is -0.770. The number of likely N-dealkylation sites (tertiary alicyclic amines) is 1. The SMILES string of the molecule is C=C(C/C=C(\C)CC(C)CCC1CC(C)(C(=C)C(=C)N2CCCCC2C(=O)O)C(C)CC1O)CC(C)CC(C)/C(C)=C/C1CCCC(C)C1.C=CC. The highest BCUT2D eigenvalue weighted by molar-refractivity contribution is 5.74. The van der Waals surface area contributed by atoms with Crippen LogP contribution >= 0.6 is 0 Å². The molecule has 10 unspecified atom stereocenters. The summed E-state index contributed by atoms with van der Waals surface area (Å²) >= 11 is 0. The van der Waals surface area contributed by atoms with Crippen LogP contribution in [0.1, 0.15) is 159 Å². The zero-order chi connectivity index (χ0) is 39.2. The minimum Gasteiger partial charge on any atom is -0.480 e. The maximum atomic E-state index is 12.0. The number of hydrogen-bond acceptors (Lipinski definition) is 3. The van der Waals surface area contributed by atoms with E-state index in [1.807, 2.05) is 11.8 Å². The molecular weight excluding hydrogens is 639 g/mol. The Labute approximate surface area is 321 Å². The van der Waals surface area contributed by atoms with Crippen molar-refractivity contribution in [2.24, 2.45) is 46.8 Å². The van der Waals surface area contributed by atoms with Crippen molar-refractivity contribution in [1.82, 2.24) is 4.90 Å². The van der Waals surface area contributed by atoms with Crippen LogP contribution in [0.25, 0.3) is 0 Å². The Hall–Kier alpha value is -2.33.